The van der Waals surface area contributed by atoms with Crippen LogP contribution >= 0.6 is 0 Å². The number of methoxy groups -OCH3 is 1. The molecule has 1 saturated carbocycles. The fourth-order valence-corrected chi connectivity index (χ4v) is 6.67. The van der Waals surface area contributed by atoms with Crippen molar-refractivity contribution in [2.24, 2.45) is 22.7 Å². The Morgan fingerprint density at radius 1 is 1.15 bits per heavy atom. The topological polar surface area (TPSA) is 180 Å². The molecule has 0 aromatic carbocycles. The van der Waals surface area contributed by atoms with Gasteiger partial charge in [-0.2, -0.15) is 0 Å². The standard InChI is InChI=1S/C29H34O12/c1-13-17(10-20(32)38-6)27(3,4)12-16(23(13)35)25(39-14(2)30)29(37)18-11-22(34)40-24(15-9-21(33)41-26(15)36)28(18,5)8-7-19(29)31/h9,11-13,17,21,24-25,33,37H,7-8,10H2,1-6H3. The SMILES string of the molecule is COC(=O)CC1C(C)C(=O)C(C(OC(C)=O)C2(O)C(=O)CCC3(C)C2=CC(=O)OC3C2=CC(O)OC2=O)=CC1(C)C. The molecule has 12 nitrogen and oxygen atoms in total. The zero-order valence-electron chi connectivity index (χ0n) is 23.7. The largest absolute Gasteiger partial charge is 0.469 e. The van der Waals surface area contributed by atoms with Crippen molar-refractivity contribution in [1.29, 1.82) is 0 Å². The first-order valence-electron chi connectivity index (χ1n) is 13.3. The van der Waals surface area contributed by atoms with E-state index in [1.54, 1.807) is 27.7 Å². The van der Waals surface area contributed by atoms with E-state index >= 15 is 0 Å². The molecule has 2 aliphatic heterocycles. The summed E-state index contributed by atoms with van der Waals surface area (Å²) >= 11 is 0. The molecule has 12 heteroatoms. The van der Waals surface area contributed by atoms with Crippen LogP contribution in [0.4, 0.5) is 0 Å². The number of ether oxygens (including phenoxy) is 4. The van der Waals surface area contributed by atoms with Gasteiger partial charge in [-0.25, -0.2) is 9.59 Å². The van der Waals surface area contributed by atoms with E-state index in [9.17, 15) is 39.0 Å². The second-order valence-corrected chi connectivity index (χ2v) is 11.9. The fraction of sp³-hybridized carbons (Fsp3) is 0.586. The number of aliphatic hydroxyl groups is 2. The molecule has 1 fully saturated rings. The van der Waals surface area contributed by atoms with Crippen molar-refractivity contribution < 1.29 is 57.9 Å². The van der Waals surface area contributed by atoms with Gasteiger partial charge in [0.2, 0.25) is 6.29 Å². The van der Waals surface area contributed by atoms with Gasteiger partial charge in [0.1, 0.15) is 6.10 Å². The number of allylic oxidation sites excluding steroid dienone is 1. The highest BCUT2D eigenvalue weighted by molar-refractivity contribution is 6.04. The van der Waals surface area contributed by atoms with Gasteiger partial charge in [-0.3, -0.25) is 19.2 Å². The average molecular weight is 575 g/mol. The van der Waals surface area contributed by atoms with E-state index in [-0.39, 0.29) is 36.0 Å². The third kappa shape index (κ3) is 4.93. The maximum Gasteiger partial charge on any atom is 0.340 e. The van der Waals surface area contributed by atoms with Gasteiger partial charge < -0.3 is 29.2 Å². The van der Waals surface area contributed by atoms with Crippen LogP contribution in [0.2, 0.25) is 0 Å². The number of Topliss-reactive ketones (excluding diaryl/α,β-unsaturated/α-hetero) is 2. The van der Waals surface area contributed by atoms with Crippen molar-refractivity contribution in [3.05, 3.63) is 34.9 Å². The molecule has 41 heavy (non-hydrogen) atoms. The Morgan fingerprint density at radius 3 is 2.37 bits per heavy atom. The van der Waals surface area contributed by atoms with E-state index < -0.39 is 82.2 Å². The molecule has 2 N–H and O–H groups in total. The minimum atomic E-state index is -2.69. The normalized spacial score (nSPS) is 35.3. The van der Waals surface area contributed by atoms with Gasteiger partial charge in [0.05, 0.1) is 12.7 Å². The van der Waals surface area contributed by atoms with E-state index in [0.717, 1.165) is 19.1 Å². The number of ketones is 2. The van der Waals surface area contributed by atoms with Crippen molar-refractivity contribution in [3.63, 3.8) is 0 Å². The number of cyclic esters (lactones) is 2. The number of aliphatic hydroxyl groups excluding tert-OH is 1. The van der Waals surface area contributed by atoms with E-state index in [4.69, 9.17) is 18.9 Å². The van der Waals surface area contributed by atoms with Gasteiger partial charge in [0.25, 0.3) is 0 Å². The van der Waals surface area contributed by atoms with E-state index in [2.05, 4.69) is 0 Å². The van der Waals surface area contributed by atoms with Gasteiger partial charge in [0, 0.05) is 42.7 Å². The maximum atomic E-state index is 13.8. The number of rotatable bonds is 6. The zero-order chi connectivity index (χ0) is 30.7. The molecule has 4 rings (SSSR count). The van der Waals surface area contributed by atoms with Crippen LogP contribution in [0.1, 0.15) is 53.9 Å². The average Bonchev–Trinajstić information content (AvgIpc) is 3.23. The predicted molar refractivity (Wildman–Crippen MR) is 137 cm³/mol. The Labute approximate surface area is 236 Å². The van der Waals surface area contributed by atoms with Crippen molar-refractivity contribution in [1.82, 2.24) is 0 Å². The van der Waals surface area contributed by atoms with Gasteiger partial charge in [-0.15, -0.1) is 0 Å². The van der Waals surface area contributed by atoms with Gasteiger partial charge >= 0.3 is 23.9 Å². The lowest BCUT2D eigenvalue weighted by atomic mass is 9.55. The minimum Gasteiger partial charge on any atom is -0.469 e. The number of carbonyl (C=O) groups is 6. The highest BCUT2D eigenvalue weighted by Crippen LogP contribution is 2.55. The summed E-state index contributed by atoms with van der Waals surface area (Å²) in [7, 11) is 1.24. The molecule has 0 aromatic rings. The summed E-state index contributed by atoms with van der Waals surface area (Å²) < 4.78 is 20.6. The van der Waals surface area contributed by atoms with E-state index in [1.165, 1.54) is 13.2 Å². The molecule has 2 aliphatic carbocycles. The molecule has 222 valence electrons. The van der Waals surface area contributed by atoms with Gasteiger partial charge in [-0.1, -0.05) is 33.8 Å². The first-order chi connectivity index (χ1) is 19.0. The third-order valence-corrected chi connectivity index (χ3v) is 8.81. The Morgan fingerprint density at radius 2 is 1.80 bits per heavy atom. The minimum absolute atomic E-state index is 0.0154. The van der Waals surface area contributed by atoms with E-state index in [0.29, 0.717) is 0 Å². The summed E-state index contributed by atoms with van der Waals surface area (Å²) in [6.45, 7) is 7.75. The lowest BCUT2D eigenvalue weighted by molar-refractivity contribution is -0.172. The van der Waals surface area contributed by atoms with Gasteiger partial charge in [0.15, 0.2) is 23.3 Å². The highest BCUT2D eigenvalue weighted by atomic mass is 16.6. The van der Waals surface area contributed by atoms with Crippen molar-refractivity contribution in [3.8, 4) is 0 Å². The Balaban J connectivity index is 1.89. The number of carbonyl (C=O) groups excluding carboxylic acids is 6. The number of hydrogen-bond donors (Lipinski definition) is 2. The molecule has 0 aromatic heterocycles. The molecule has 4 aliphatic rings. The summed E-state index contributed by atoms with van der Waals surface area (Å²) in [4.78, 5) is 77.3. The zero-order valence-corrected chi connectivity index (χ0v) is 23.7. The summed E-state index contributed by atoms with van der Waals surface area (Å²) in [5.41, 5.74) is -5.47. The van der Waals surface area contributed by atoms with Crippen molar-refractivity contribution >= 4 is 35.4 Å². The Kier molecular flexibility index (Phi) is 7.63. The van der Waals surface area contributed by atoms with Crippen LogP contribution in [0.15, 0.2) is 34.9 Å². The molecular weight excluding hydrogens is 540 g/mol. The van der Waals surface area contributed by atoms with Crippen LogP contribution in [0.25, 0.3) is 0 Å². The highest BCUT2D eigenvalue weighted by Gasteiger charge is 2.64. The number of hydrogen-bond acceptors (Lipinski definition) is 12. The summed E-state index contributed by atoms with van der Waals surface area (Å²) in [6, 6.07) is 0. The van der Waals surface area contributed by atoms with Crippen LogP contribution in [0, 0.1) is 22.7 Å². The maximum absolute atomic E-state index is 13.8. The second-order valence-electron chi connectivity index (χ2n) is 11.9. The van der Waals surface area contributed by atoms with Crippen molar-refractivity contribution in [2.45, 2.75) is 78.0 Å². The summed E-state index contributed by atoms with van der Waals surface area (Å²) in [6.07, 6.45) is -1.64. The Bertz CT molecular complexity index is 1320. The third-order valence-electron chi connectivity index (χ3n) is 8.81. The molecule has 2 heterocycles. The molecule has 0 saturated heterocycles. The number of fused-ring (bicyclic) bond motifs is 1. The summed E-state index contributed by atoms with van der Waals surface area (Å²) in [5, 5.41) is 22.2. The van der Waals surface area contributed by atoms with Crippen LogP contribution in [0.5, 0.6) is 0 Å². The van der Waals surface area contributed by atoms with Crippen molar-refractivity contribution in [2.75, 3.05) is 7.11 Å². The smallest absolute Gasteiger partial charge is 0.340 e. The lowest BCUT2D eigenvalue weighted by Gasteiger charge is -2.52. The van der Waals surface area contributed by atoms with Crippen LogP contribution in [0.3, 0.4) is 0 Å². The first kappa shape index (κ1) is 30.3. The second kappa shape index (κ2) is 10.3. The van der Waals surface area contributed by atoms with Crippen LogP contribution in [-0.2, 0) is 47.7 Å². The molecule has 0 spiro atoms. The van der Waals surface area contributed by atoms with E-state index in [1.807, 2.05) is 0 Å². The molecule has 0 radical (unpaired) electrons. The fourth-order valence-electron chi connectivity index (χ4n) is 6.67. The molecule has 7 unspecified atom stereocenters. The summed E-state index contributed by atoms with van der Waals surface area (Å²) in [5.74, 6) is -6.02. The Hall–Kier alpha value is -3.64. The monoisotopic (exact) mass is 574 g/mol. The predicted octanol–water partition coefficient (Wildman–Crippen LogP) is 1.02. The molecule has 7 atom stereocenters. The molecular formula is C29H34O12. The molecule has 0 amide bonds. The quantitative estimate of drug-likeness (QED) is 0.340. The van der Waals surface area contributed by atoms with Crippen LogP contribution < -0.4 is 0 Å². The first-order valence-corrected chi connectivity index (χ1v) is 13.3. The molecule has 0 bridgehead atoms. The lowest BCUT2D eigenvalue weighted by Crippen LogP contribution is -2.64. The number of esters is 4. The van der Waals surface area contributed by atoms with Gasteiger partial charge in [-0.05, 0) is 29.4 Å². The van der Waals surface area contributed by atoms with Crippen LogP contribution in [-0.4, -0.2) is 76.9 Å².